The molecule has 0 radical (unpaired) electrons. The largest absolute Gasteiger partial charge is 0.472 e. The number of hydrogen-bond donors (Lipinski definition) is 6. The van der Waals surface area contributed by atoms with Crippen molar-refractivity contribution in [2.24, 2.45) is 0 Å². The molecule has 55 heavy (non-hydrogen) atoms. The van der Waals surface area contributed by atoms with E-state index in [2.05, 4.69) is 26.0 Å². The number of allylic oxidation sites excluding steroid dienone is 2. The van der Waals surface area contributed by atoms with E-state index in [-0.39, 0.29) is 12.8 Å². The van der Waals surface area contributed by atoms with Crippen molar-refractivity contribution in [2.45, 2.75) is 224 Å². The van der Waals surface area contributed by atoms with Gasteiger partial charge >= 0.3 is 19.8 Å². The van der Waals surface area contributed by atoms with Crippen molar-refractivity contribution < 1.29 is 63.1 Å². The minimum absolute atomic E-state index is 0.0904. The van der Waals surface area contributed by atoms with Crippen molar-refractivity contribution in [1.82, 2.24) is 0 Å². The predicted octanol–water partition coefficient (Wildman–Crippen LogP) is 7.50. The second kappa shape index (κ2) is 32.5. The lowest BCUT2D eigenvalue weighted by Gasteiger charge is -2.41. The van der Waals surface area contributed by atoms with E-state index in [1.165, 1.54) is 83.5 Å². The Morgan fingerprint density at radius 1 is 0.545 bits per heavy atom. The van der Waals surface area contributed by atoms with E-state index in [0.717, 1.165) is 57.8 Å². The number of phosphoric ester groups is 1. The van der Waals surface area contributed by atoms with Crippen LogP contribution >= 0.6 is 7.82 Å². The van der Waals surface area contributed by atoms with Gasteiger partial charge in [0.2, 0.25) is 0 Å². The summed E-state index contributed by atoms with van der Waals surface area (Å²) in [5.41, 5.74) is 0. The lowest BCUT2D eigenvalue weighted by molar-refractivity contribution is -0.220. The van der Waals surface area contributed by atoms with E-state index in [0.29, 0.717) is 12.8 Å². The van der Waals surface area contributed by atoms with E-state index in [1.807, 2.05) is 0 Å². The number of esters is 2. The van der Waals surface area contributed by atoms with Crippen molar-refractivity contribution >= 4 is 19.8 Å². The number of rotatable bonds is 35. The third-order valence-corrected chi connectivity index (χ3v) is 11.1. The van der Waals surface area contributed by atoms with Crippen LogP contribution in [0.2, 0.25) is 0 Å². The summed E-state index contributed by atoms with van der Waals surface area (Å²) in [7, 11) is -5.11. The maximum Gasteiger partial charge on any atom is 0.472 e. The van der Waals surface area contributed by atoms with Crippen LogP contribution in [-0.4, -0.2) is 98.3 Å². The standard InChI is InChI=1S/C41H77O13P/c1-3-5-7-9-11-13-15-17-18-20-22-24-26-28-30-35(43)53-33(31-51-34(42)29-27-25-23-21-19-16-14-12-10-8-6-4-2)32-52-55(49,50)54-41-39(47)37(45)36(44)38(46)40(41)48/h15,17,33,36-41,44-48H,3-14,16,18-32H2,1-2H3,(H,49,50)/b17-15-. The molecule has 6 atom stereocenters. The highest BCUT2D eigenvalue weighted by atomic mass is 31.2. The van der Waals surface area contributed by atoms with Gasteiger partial charge in [-0.3, -0.25) is 18.6 Å². The normalized spacial score (nSPS) is 23.1. The number of phosphoric acid groups is 1. The van der Waals surface area contributed by atoms with Gasteiger partial charge in [0, 0.05) is 12.8 Å². The summed E-state index contributed by atoms with van der Waals surface area (Å²) in [5, 5.41) is 50.0. The van der Waals surface area contributed by atoms with Gasteiger partial charge in [0.1, 0.15) is 43.2 Å². The number of aliphatic hydroxyl groups is 5. The highest BCUT2D eigenvalue weighted by molar-refractivity contribution is 7.47. The predicted molar refractivity (Wildman–Crippen MR) is 212 cm³/mol. The molecule has 0 aliphatic heterocycles. The Bertz CT molecular complexity index is 1030. The van der Waals surface area contributed by atoms with Gasteiger partial charge in [-0.05, 0) is 38.5 Å². The Morgan fingerprint density at radius 2 is 0.927 bits per heavy atom. The van der Waals surface area contributed by atoms with Crippen LogP contribution < -0.4 is 0 Å². The molecule has 13 nitrogen and oxygen atoms in total. The zero-order chi connectivity index (χ0) is 40.7. The summed E-state index contributed by atoms with van der Waals surface area (Å²) in [6, 6.07) is 0. The molecule has 6 N–H and O–H groups in total. The molecule has 0 bridgehead atoms. The highest BCUT2D eigenvalue weighted by Crippen LogP contribution is 2.47. The van der Waals surface area contributed by atoms with Crippen LogP contribution in [0.3, 0.4) is 0 Å². The van der Waals surface area contributed by atoms with E-state index in [1.54, 1.807) is 0 Å². The molecule has 1 aliphatic rings. The Labute approximate surface area is 331 Å². The number of hydrogen-bond acceptors (Lipinski definition) is 12. The minimum Gasteiger partial charge on any atom is -0.462 e. The molecule has 0 aromatic heterocycles. The SMILES string of the molecule is CCCCCCC/C=C\CCCCCCCC(=O)OC(COC(=O)CCCCCCCCCCCCCC)COP(=O)(O)OC1C(O)C(O)C(O)C(O)C1O. The molecule has 0 aromatic rings. The van der Waals surface area contributed by atoms with Gasteiger partial charge in [0.15, 0.2) is 6.10 Å². The van der Waals surface area contributed by atoms with E-state index >= 15 is 0 Å². The summed E-state index contributed by atoms with van der Waals surface area (Å²) < 4.78 is 33.4. The molecule has 14 heteroatoms. The van der Waals surface area contributed by atoms with Crippen LogP contribution in [0.4, 0.5) is 0 Å². The fraction of sp³-hybridized carbons (Fsp3) is 0.902. The summed E-state index contributed by atoms with van der Waals surface area (Å²) in [4.78, 5) is 35.5. The first-order valence-electron chi connectivity index (χ1n) is 21.5. The Morgan fingerprint density at radius 3 is 1.38 bits per heavy atom. The van der Waals surface area contributed by atoms with Gasteiger partial charge in [0.25, 0.3) is 0 Å². The average molecular weight is 809 g/mol. The summed E-state index contributed by atoms with van der Waals surface area (Å²) in [6.45, 7) is 3.27. The molecule has 0 aromatic carbocycles. The molecule has 1 aliphatic carbocycles. The van der Waals surface area contributed by atoms with Crippen LogP contribution in [0.15, 0.2) is 12.2 Å². The van der Waals surface area contributed by atoms with Gasteiger partial charge in [-0.1, -0.05) is 142 Å². The Hall–Kier alpha value is -1.41. The van der Waals surface area contributed by atoms with Crippen molar-refractivity contribution in [3.63, 3.8) is 0 Å². The fourth-order valence-electron chi connectivity index (χ4n) is 6.58. The first-order chi connectivity index (χ1) is 26.4. The maximum absolute atomic E-state index is 12.8. The fourth-order valence-corrected chi connectivity index (χ4v) is 7.55. The molecule has 0 spiro atoms. The van der Waals surface area contributed by atoms with Crippen LogP contribution in [0.5, 0.6) is 0 Å². The second-order valence-corrected chi connectivity index (χ2v) is 16.6. The number of carbonyl (C=O) groups is 2. The molecule has 1 fully saturated rings. The second-order valence-electron chi connectivity index (χ2n) is 15.2. The summed E-state index contributed by atoms with van der Waals surface area (Å²) in [6.07, 6.45) is 18.5. The smallest absolute Gasteiger partial charge is 0.462 e. The molecule has 0 saturated heterocycles. The Kier molecular flexibility index (Phi) is 30.5. The highest BCUT2D eigenvalue weighted by Gasteiger charge is 2.51. The van der Waals surface area contributed by atoms with Crippen molar-refractivity contribution in [1.29, 1.82) is 0 Å². The van der Waals surface area contributed by atoms with Crippen molar-refractivity contribution in [2.75, 3.05) is 13.2 Å². The molecule has 324 valence electrons. The average Bonchev–Trinajstić information content (AvgIpc) is 3.16. The maximum atomic E-state index is 12.8. The summed E-state index contributed by atoms with van der Waals surface area (Å²) >= 11 is 0. The molecule has 0 amide bonds. The number of aliphatic hydroxyl groups excluding tert-OH is 5. The van der Waals surface area contributed by atoms with Gasteiger partial charge < -0.3 is 39.9 Å². The van der Waals surface area contributed by atoms with Crippen molar-refractivity contribution in [3.05, 3.63) is 12.2 Å². The van der Waals surface area contributed by atoms with E-state index in [9.17, 15) is 44.6 Å². The van der Waals surface area contributed by atoms with E-state index < -0.39 is 75.7 Å². The van der Waals surface area contributed by atoms with Crippen LogP contribution in [-0.2, 0) is 32.7 Å². The zero-order valence-corrected chi connectivity index (χ0v) is 34.9. The van der Waals surface area contributed by atoms with Gasteiger partial charge in [-0.15, -0.1) is 0 Å². The van der Waals surface area contributed by atoms with E-state index in [4.69, 9.17) is 18.5 Å². The first kappa shape index (κ1) is 51.6. The summed E-state index contributed by atoms with van der Waals surface area (Å²) in [5.74, 6) is -1.10. The Balaban J connectivity index is 2.50. The quantitative estimate of drug-likeness (QED) is 0.0159. The van der Waals surface area contributed by atoms with Gasteiger partial charge in [-0.2, -0.15) is 0 Å². The molecule has 0 heterocycles. The van der Waals surface area contributed by atoms with Crippen LogP contribution in [0.25, 0.3) is 0 Å². The third-order valence-electron chi connectivity index (χ3n) is 10.1. The third kappa shape index (κ3) is 25.5. The van der Waals surface area contributed by atoms with Crippen LogP contribution in [0.1, 0.15) is 181 Å². The molecular weight excluding hydrogens is 731 g/mol. The van der Waals surface area contributed by atoms with Crippen LogP contribution in [0, 0.1) is 0 Å². The first-order valence-corrected chi connectivity index (χ1v) is 23.0. The molecular formula is C41H77O13P. The zero-order valence-electron chi connectivity index (χ0n) is 34.0. The lowest BCUT2D eigenvalue weighted by atomic mass is 9.85. The lowest BCUT2D eigenvalue weighted by Crippen LogP contribution is -2.64. The monoisotopic (exact) mass is 809 g/mol. The van der Waals surface area contributed by atoms with Gasteiger partial charge in [0.05, 0.1) is 6.61 Å². The van der Waals surface area contributed by atoms with Gasteiger partial charge in [-0.25, -0.2) is 4.57 Å². The molecule has 1 saturated carbocycles. The minimum atomic E-state index is -5.11. The molecule has 1 rings (SSSR count). The number of unbranched alkanes of at least 4 members (excludes halogenated alkanes) is 21. The number of ether oxygens (including phenoxy) is 2. The molecule has 6 unspecified atom stereocenters. The number of carbonyl (C=O) groups excluding carboxylic acids is 2. The topological polar surface area (TPSA) is 210 Å². The van der Waals surface area contributed by atoms with Crippen molar-refractivity contribution in [3.8, 4) is 0 Å².